The minimum atomic E-state index is -1.04. The first-order chi connectivity index (χ1) is 18.1. The van der Waals surface area contributed by atoms with Crippen molar-refractivity contribution in [3.8, 4) is 11.6 Å². The Morgan fingerprint density at radius 1 is 1.16 bits per heavy atom. The van der Waals surface area contributed by atoms with E-state index in [2.05, 4.69) is 20.6 Å². The van der Waals surface area contributed by atoms with Crippen molar-refractivity contribution in [3.05, 3.63) is 71.5 Å². The van der Waals surface area contributed by atoms with Crippen molar-refractivity contribution >= 4 is 11.8 Å². The fourth-order valence-electron chi connectivity index (χ4n) is 4.56. The zero-order valence-corrected chi connectivity index (χ0v) is 22.3. The van der Waals surface area contributed by atoms with Crippen molar-refractivity contribution in [2.75, 3.05) is 45.3 Å². The molecule has 4 rings (SSSR count). The number of para-hydroxylation sites is 1. The Bertz CT molecular complexity index is 1210. The molecule has 204 valence electrons. The molecule has 0 spiro atoms. The molecular weight excluding hydrogens is 489 g/mol. The number of carbonyl (C=O) groups excluding carboxylic acids is 1. The van der Waals surface area contributed by atoms with Crippen LogP contribution in [0.5, 0.6) is 5.88 Å². The Morgan fingerprint density at radius 2 is 1.87 bits per heavy atom. The van der Waals surface area contributed by atoms with E-state index in [-0.39, 0.29) is 30.4 Å². The number of aromatic nitrogens is 2. The van der Waals surface area contributed by atoms with E-state index in [4.69, 9.17) is 9.47 Å². The zero-order chi connectivity index (χ0) is 27.3. The Balaban J connectivity index is 1.55. The van der Waals surface area contributed by atoms with E-state index >= 15 is 0 Å². The first kappa shape index (κ1) is 27.6. The number of methoxy groups -OCH3 is 1. The number of halogens is 1. The molecular formula is C28H36FN5O4. The molecule has 0 bridgehead atoms. The van der Waals surface area contributed by atoms with E-state index in [1.807, 2.05) is 37.3 Å². The lowest BCUT2D eigenvalue weighted by atomic mass is 9.94. The van der Waals surface area contributed by atoms with E-state index in [1.165, 1.54) is 12.1 Å². The van der Waals surface area contributed by atoms with Crippen molar-refractivity contribution in [2.24, 2.45) is 0 Å². The number of hydrogen-bond donors (Lipinski definition) is 3. The van der Waals surface area contributed by atoms with E-state index in [0.29, 0.717) is 30.4 Å². The van der Waals surface area contributed by atoms with Gasteiger partial charge in [0.05, 0.1) is 29.5 Å². The van der Waals surface area contributed by atoms with Gasteiger partial charge in [0.15, 0.2) is 0 Å². The number of ether oxygens (including phenoxy) is 2. The molecule has 10 heteroatoms. The Morgan fingerprint density at radius 3 is 2.53 bits per heavy atom. The number of amides is 2. The quantitative estimate of drug-likeness (QED) is 0.373. The minimum absolute atomic E-state index is 0.0102. The van der Waals surface area contributed by atoms with E-state index in [9.17, 15) is 14.3 Å². The largest absolute Gasteiger partial charge is 0.473 e. The molecule has 1 aliphatic heterocycles. The Hall–Kier alpha value is -3.47. The van der Waals surface area contributed by atoms with Crippen LogP contribution in [0.25, 0.3) is 5.69 Å². The molecule has 3 N–H and O–H groups in total. The van der Waals surface area contributed by atoms with Crippen LogP contribution in [0.3, 0.4) is 0 Å². The van der Waals surface area contributed by atoms with Crippen LogP contribution in [-0.4, -0.2) is 77.4 Å². The van der Waals surface area contributed by atoms with Gasteiger partial charge in [-0.1, -0.05) is 30.3 Å². The van der Waals surface area contributed by atoms with E-state index in [0.717, 1.165) is 24.3 Å². The maximum absolute atomic E-state index is 13.6. The summed E-state index contributed by atoms with van der Waals surface area (Å²) < 4.78 is 26.2. The minimum Gasteiger partial charge on any atom is -0.473 e. The van der Waals surface area contributed by atoms with Crippen molar-refractivity contribution in [3.63, 3.8) is 0 Å². The molecule has 38 heavy (non-hydrogen) atoms. The molecule has 2 atom stereocenters. The third-order valence-electron chi connectivity index (χ3n) is 6.50. The molecule has 1 aromatic heterocycles. The number of carbonyl (C=O) groups is 1. The topological polar surface area (TPSA) is 101 Å². The maximum Gasteiger partial charge on any atom is 0.320 e. The molecule has 0 saturated carbocycles. The summed E-state index contributed by atoms with van der Waals surface area (Å²) in [5.41, 5.74) is 1.31. The summed E-state index contributed by atoms with van der Waals surface area (Å²) >= 11 is 0. The van der Waals surface area contributed by atoms with Gasteiger partial charge < -0.3 is 19.9 Å². The number of likely N-dealkylation sites (tertiary alicyclic amines) is 1. The predicted octanol–water partition coefficient (Wildman–Crippen LogP) is 3.71. The standard InChI is InChI=1S/C28H36FN5O4/c1-19-25(34(22-8-6-5-7-9-22)32-26(19)38-18-28(2,3)36)31-27(35)30-24-17-33(14-15-37-4)16-23(24)20-10-12-21(29)13-11-20/h5-13,23-24,36H,14-18H2,1-4H3,(H2,30,31,35)/t23-,24+/m0/s1. The van der Waals surface area contributed by atoms with Crippen molar-refractivity contribution in [2.45, 2.75) is 38.3 Å². The van der Waals surface area contributed by atoms with Gasteiger partial charge in [0.1, 0.15) is 18.2 Å². The number of hydrogen-bond acceptors (Lipinski definition) is 6. The molecule has 9 nitrogen and oxygen atoms in total. The number of benzene rings is 2. The summed E-state index contributed by atoms with van der Waals surface area (Å²) in [6.45, 7) is 7.82. The van der Waals surface area contributed by atoms with Crippen LogP contribution in [0.1, 0.15) is 30.9 Å². The number of aliphatic hydroxyl groups is 1. The number of urea groups is 1. The Kier molecular flexibility index (Phi) is 8.65. The van der Waals surface area contributed by atoms with E-state index < -0.39 is 5.60 Å². The molecule has 2 amide bonds. The highest BCUT2D eigenvalue weighted by atomic mass is 19.1. The number of anilines is 1. The molecule has 0 unspecified atom stereocenters. The number of rotatable bonds is 10. The lowest BCUT2D eigenvalue weighted by Gasteiger charge is -2.21. The lowest BCUT2D eigenvalue weighted by Crippen LogP contribution is -2.42. The second-order valence-corrected chi connectivity index (χ2v) is 10.2. The smallest absolute Gasteiger partial charge is 0.320 e. The van der Waals surface area contributed by atoms with Crippen LogP contribution >= 0.6 is 0 Å². The molecule has 0 aliphatic carbocycles. The highest BCUT2D eigenvalue weighted by molar-refractivity contribution is 5.90. The predicted molar refractivity (Wildman–Crippen MR) is 143 cm³/mol. The molecule has 1 aliphatic rings. The summed E-state index contributed by atoms with van der Waals surface area (Å²) in [5.74, 6) is 0.482. The fourth-order valence-corrected chi connectivity index (χ4v) is 4.56. The van der Waals surface area contributed by atoms with Gasteiger partial charge in [-0.25, -0.2) is 13.9 Å². The monoisotopic (exact) mass is 525 g/mol. The molecule has 3 aromatic rings. The number of nitrogens with one attached hydrogen (secondary N) is 2. The van der Waals surface area contributed by atoms with Crippen LogP contribution in [0.4, 0.5) is 15.0 Å². The van der Waals surface area contributed by atoms with Crippen LogP contribution in [0.15, 0.2) is 54.6 Å². The highest BCUT2D eigenvalue weighted by Gasteiger charge is 2.35. The van der Waals surface area contributed by atoms with Gasteiger partial charge in [0, 0.05) is 32.7 Å². The third kappa shape index (κ3) is 6.89. The van der Waals surface area contributed by atoms with E-state index in [1.54, 1.807) is 37.8 Å². The highest BCUT2D eigenvalue weighted by Crippen LogP contribution is 2.30. The van der Waals surface area contributed by atoms with Gasteiger partial charge in [-0.2, -0.15) is 0 Å². The number of nitrogens with zero attached hydrogens (tertiary/aromatic N) is 3. The van der Waals surface area contributed by atoms with Crippen molar-refractivity contribution in [1.29, 1.82) is 0 Å². The summed E-state index contributed by atoms with van der Waals surface area (Å²) in [6, 6.07) is 15.3. The van der Waals surface area contributed by atoms with Crippen LogP contribution in [-0.2, 0) is 4.74 Å². The average Bonchev–Trinajstić information content (AvgIpc) is 3.42. The SMILES string of the molecule is COCCN1C[C@@H](NC(=O)Nc2c(C)c(OCC(C)(C)O)nn2-c2ccccc2)[C@H](c2ccc(F)cc2)C1. The first-order valence-electron chi connectivity index (χ1n) is 12.7. The van der Waals surface area contributed by atoms with Crippen LogP contribution in [0.2, 0.25) is 0 Å². The summed E-state index contributed by atoms with van der Waals surface area (Å²) in [7, 11) is 1.66. The third-order valence-corrected chi connectivity index (χ3v) is 6.50. The molecule has 2 aromatic carbocycles. The Labute approximate surface area is 222 Å². The van der Waals surface area contributed by atoms with Crippen LogP contribution < -0.4 is 15.4 Å². The van der Waals surface area contributed by atoms with Crippen molar-refractivity contribution in [1.82, 2.24) is 20.0 Å². The maximum atomic E-state index is 13.6. The summed E-state index contributed by atoms with van der Waals surface area (Å²) in [5, 5.41) is 20.8. The van der Waals surface area contributed by atoms with Gasteiger partial charge in [-0.15, -0.1) is 5.10 Å². The second-order valence-electron chi connectivity index (χ2n) is 10.2. The van der Waals surface area contributed by atoms with Gasteiger partial charge in [0.2, 0.25) is 5.88 Å². The fraction of sp³-hybridized carbons (Fsp3) is 0.429. The summed E-state index contributed by atoms with van der Waals surface area (Å²) in [4.78, 5) is 15.6. The zero-order valence-electron chi connectivity index (χ0n) is 22.3. The average molecular weight is 526 g/mol. The van der Waals surface area contributed by atoms with Crippen molar-refractivity contribution < 1.29 is 23.8 Å². The molecule has 0 radical (unpaired) electrons. The summed E-state index contributed by atoms with van der Waals surface area (Å²) in [6.07, 6.45) is 0. The first-order valence-corrected chi connectivity index (χ1v) is 12.7. The molecule has 1 fully saturated rings. The van der Waals surface area contributed by atoms with Gasteiger partial charge in [0.25, 0.3) is 0 Å². The lowest BCUT2D eigenvalue weighted by molar-refractivity contribution is 0.0265. The molecule has 2 heterocycles. The normalized spacial score (nSPS) is 17.9. The van der Waals surface area contributed by atoms with Gasteiger partial charge in [-0.05, 0) is 50.6 Å². The van der Waals surface area contributed by atoms with Gasteiger partial charge in [-0.3, -0.25) is 10.2 Å². The molecule has 1 saturated heterocycles. The van der Waals surface area contributed by atoms with Crippen LogP contribution in [0, 0.1) is 12.7 Å². The van der Waals surface area contributed by atoms with Gasteiger partial charge >= 0.3 is 6.03 Å². The second kappa shape index (κ2) is 11.9.